The summed E-state index contributed by atoms with van der Waals surface area (Å²) in [6.07, 6.45) is 3.98. The molecule has 0 amide bonds. The Morgan fingerprint density at radius 2 is 1.85 bits per heavy atom. The molecule has 1 heterocycles. The lowest BCUT2D eigenvalue weighted by Crippen LogP contribution is -2.49. The third-order valence-electron chi connectivity index (χ3n) is 4.98. The highest BCUT2D eigenvalue weighted by molar-refractivity contribution is 14.0. The number of ether oxygens (including phenoxy) is 1. The maximum absolute atomic E-state index is 10.4. The lowest BCUT2D eigenvalue weighted by atomic mass is 9.98. The van der Waals surface area contributed by atoms with Gasteiger partial charge in [-0.1, -0.05) is 13.8 Å². The summed E-state index contributed by atoms with van der Waals surface area (Å²) in [5.74, 6) is 0.824. The van der Waals surface area contributed by atoms with Crippen LogP contribution in [0.3, 0.4) is 0 Å². The highest BCUT2D eigenvalue weighted by atomic mass is 127. The van der Waals surface area contributed by atoms with E-state index in [2.05, 4.69) is 41.3 Å². The first kappa shape index (κ1) is 25.9. The standard InChI is InChI=1S/C19H40N4O2.HI/c1-6-19(24,7-2)15-21-18(20-8-3)22-17-9-11-23(12-10-17)13-14-25-16(4)5;/h16-17,24H,6-15H2,1-5H3,(H2,20,21,22);1H. The van der Waals surface area contributed by atoms with Crippen molar-refractivity contribution in [3.05, 3.63) is 0 Å². The highest BCUT2D eigenvalue weighted by Crippen LogP contribution is 2.15. The van der Waals surface area contributed by atoms with Crippen LogP contribution < -0.4 is 10.6 Å². The molecule has 1 fully saturated rings. The second-order valence-corrected chi connectivity index (χ2v) is 7.31. The molecule has 0 atom stereocenters. The number of nitrogens with one attached hydrogen (secondary N) is 2. The summed E-state index contributed by atoms with van der Waals surface area (Å²) in [7, 11) is 0. The van der Waals surface area contributed by atoms with Gasteiger partial charge in [0.15, 0.2) is 5.96 Å². The van der Waals surface area contributed by atoms with Crippen LogP contribution in [-0.2, 0) is 4.74 Å². The van der Waals surface area contributed by atoms with Crippen LogP contribution in [0.15, 0.2) is 4.99 Å². The van der Waals surface area contributed by atoms with Crippen molar-refractivity contribution in [2.75, 3.05) is 39.3 Å². The van der Waals surface area contributed by atoms with Gasteiger partial charge in [-0.3, -0.25) is 4.99 Å². The third kappa shape index (κ3) is 10.3. The first-order chi connectivity index (χ1) is 11.9. The van der Waals surface area contributed by atoms with E-state index in [1.54, 1.807) is 0 Å². The molecule has 1 aliphatic heterocycles. The van der Waals surface area contributed by atoms with Crippen molar-refractivity contribution in [2.24, 2.45) is 4.99 Å². The van der Waals surface area contributed by atoms with Crippen LogP contribution >= 0.6 is 24.0 Å². The topological polar surface area (TPSA) is 69.1 Å². The minimum atomic E-state index is -0.692. The molecule has 6 nitrogen and oxygen atoms in total. The Labute approximate surface area is 177 Å². The second kappa shape index (κ2) is 14.0. The average Bonchev–Trinajstić information content (AvgIpc) is 2.61. The number of likely N-dealkylation sites (tertiary alicyclic amines) is 1. The minimum absolute atomic E-state index is 0. The molecule has 0 saturated carbocycles. The quantitative estimate of drug-likeness (QED) is 0.253. The van der Waals surface area contributed by atoms with Crippen molar-refractivity contribution in [3.63, 3.8) is 0 Å². The van der Waals surface area contributed by atoms with E-state index in [1.165, 1.54) is 0 Å². The van der Waals surface area contributed by atoms with E-state index in [1.807, 2.05) is 13.8 Å². The Morgan fingerprint density at radius 1 is 1.23 bits per heavy atom. The first-order valence-corrected chi connectivity index (χ1v) is 10.0. The SMILES string of the molecule is CCNC(=NCC(O)(CC)CC)NC1CCN(CCOC(C)C)CC1.I. The number of nitrogens with zero attached hydrogens (tertiary/aromatic N) is 2. The molecule has 156 valence electrons. The Morgan fingerprint density at radius 3 is 2.35 bits per heavy atom. The van der Waals surface area contributed by atoms with Crippen molar-refractivity contribution in [2.45, 2.75) is 78.0 Å². The van der Waals surface area contributed by atoms with Crippen molar-refractivity contribution < 1.29 is 9.84 Å². The van der Waals surface area contributed by atoms with Crippen LogP contribution in [0.25, 0.3) is 0 Å². The van der Waals surface area contributed by atoms with Crippen molar-refractivity contribution >= 4 is 29.9 Å². The molecular weight excluding hydrogens is 443 g/mol. The first-order valence-electron chi connectivity index (χ1n) is 10.0. The molecule has 0 radical (unpaired) electrons. The zero-order valence-corrected chi connectivity index (χ0v) is 19.7. The Hall–Kier alpha value is -0.120. The van der Waals surface area contributed by atoms with Gasteiger partial charge in [0.2, 0.25) is 0 Å². The molecule has 3 N–H and O–H groups in total. The molecule has 7 heteroatoms. The van der Waals surface area contributed by atoms with Gasteiger partial charge in [-0.25, -0.2) is 0 Å². The van der Waals surface area contributed by atoms with Crippen LogP contribution in [0.2, 0.25) is 0 Å². The number of rotatable bonds is 10. The number of piperidine rings is 1. The number of halogens is 1. The van der Waals surface area contributed by atoms with Gasteiger partial charge in [-0.2, -0.15) is 0 Å². The summed E-state index contributed by atoms with van der Waals surface area (Å²) >= 11 is 0. The van der Waals surface area contributed by atoms with E-state index in [4.69, 9.17) is 4.74 Å². The summed E-state index contributed by atoms with van der Waals surface area (Å²) in [6, 6.07) is 0.441. The predicted octanol–water partition coefficient (Wildman–Crippen LogP) is 2.60. The molecule has 1 rings (SSSR count). The largest absolute Gasteiger partial charge is 0.388 e. The fourth-order valence-corrected chi connectivity index (χ4v) is 2.93. The zero-order valence-electron chi connectivity index (χ0n) is 17.4. The molecule has 0 aromatic rings. The van der Waals surface area contributed by atoms with Gasteiger partial charge in [-0.05, 0) is 46.5 Å². The Kier molecular flexibility index (Phi) is 13.9. The summed E-state index contributed by atoms with van der Waals surface area (Å²) < 4.78 is 5.64. The van der Waals surface area contributed by atoms with E-state index < -0.39 is 5.60 Å². The number of hydrogen-bond donors (Lipinski definition) is 3. The minimum Gasteiger partial charge on any atom is -0.388 e. The van der Waals surface area contributed by atoms with Crippen LogP contribution in [-0.4, -0.2) is 73.0 Å². The number of hydrogen-bond acceptors (Lipinski definition) is 4. The summed E-state index contributed by atoms with van der Waals surface area (Å²) in [6.45, 7) is 15.5. The highest BCUT2D eigenvalue weighted by Gasteiger charge is 2.23. The van der Waals surface area contributed by atoms with Crippen LogP contribution in [0.4, 0.5) is 0 Å². The lowest BCUT2D eigenvalue weighted by Gasteiger charge is -2.33. The smallest absolute Gasteiger partial charge is 0.191 e. The number of aliphatic imine (C=N–C) groups is 1. The summed E-state index contributed by atoms with van der Waals surface area (Å²) in [5, 5.41) is 17.3. The van der Waals surface area contributed by atoms with E-state index in [-0.39, 0.29) is 24.0 Å². The molecule has 0 aliphatic carbocycles. The van der Waals surface area contributed by atoms with Crippen LogP contribution in [0.5, 0.6) is 0 Å². The van der Waals surface area contributed by atoms with Gasteiger partial charge >= 0.3 is 0 Å². The summed E-state index contributed by atoms with van der Waals surface area (Å²) in [5.41, 5.74) is -0.692. The van der Waals surface area contributed by atoms with Gasteiger partial charge in [0.25, 0.3) is 0 Å². The van der Waals surface area contributed by atoms with Gasteiger partial charge in [0.05, 0.1) is 24.9 Å². The van der Waals surface area contributed by atoms with E-state index in [9.17, 15) is 5.11 Å². The predicted molar refractivity (Wildman–Crippen MR) is 121 cm³/mol. The van der Waals surface area contributed by atoms with E-state index >= 15 is 0 Å². The molecule has 0 bridgehead atoms. The number of aliphatic hydroxyl groups is 1. The third-order valence-corrected chi connectivity index (χ3v) is 4.98. The summed E-state index contributed by atoms with van der Waals surface area (Å²) in [4.78, 5) is 7.09. The van der Waals surface area contributed by atoms with E-state index in [0.29, 0.717) is 18.7 Å². The fourth-order valence-electron chi connectivity index (χ4n) is 2.93. The molecule has 0 spiro atoms. The van der Waals surface area contributed by atoms with Crippen molar-refractivity contribution in [1.29, 1.82) is 0 Å². The van der Waals surface area contributed by atoms with Gasteiger partial charge in [0.1, 0.15) is 0 Å². The fraction of sp³-hybridized carbons (Fsp3) is 0.947. The van der Waals surface area contributed by atoms with Crippen molar-refractivity contribution in [3.8, 4) is 0 Å². The molecule has 0 aromatic heterocycles. The molecule has 0 aromatic carbocycles. The molecule has 1 aliphatic rings. The molecular formula is C19H41IN4O2. The Bertz CT molecular complexity index is 382. The average molecular weight is 484 g/mol. The van der Waals surface area contributed by atoms with E-state index in [0.717, 1.165) is 64.4 Å². The molecule has 1 saturated heterocycles. The number of guanidine groups is 1. The van der Waals surface area contributed by atoms with Crippen molar-refractivity contribution in [1.82, 2.24) is 15.5 Å². The molecule has 26 heavy (non-hydrogen) atoms. The van der Waals surface area contributed by atoms with Gasteiger partial charge < -0.3 is 25.4 Å². The Balaban J connectivity index is 0.00000625. The monoisotopic (exact) mass is 484 g/mol. The van der Waals surface area contributed by atoms with Crippen LogP contribution in [0, 0.1) is 0 Å². The van der Waals surface area contributed by atoms with Crippen LogP contribution in [0.1, 0.15) is 60.3 Å². The normalized spacial score (nSPS) is 17.3. The molecule has 0 unspecified atom stereocenters. The maximum Gasteiger partial charge on any atom is 0.191 e. The second-order valence-electron chi connectivity index (χ2n) is 7.31. The zero-order chi connectivity index (χ0) is 18.7. The van der Waals surface area contributed by atoms with Gasteiger partial charge in [-0.15, -0.1) is 24.0 Å². The van der Waals surface area contributed by atoms with Gasteiger partial charge in [0, 0.05) is 32.2 Å². The lowest BCUT2D eigenvalue weighted by molar-refractivity contribution is 0.0417. The maximum atomic E-state index is 10.4.